The summed E-state index contributed by atoms with van der Waals surface area (Å²) in [6.45, 7) is 4.27. The van der Waals surface area contributed by atoms with Gasteiger partial charge in [-0.05, 0) is 37.5 Å². The summed E-state index contributed by atoms with van der Waals surface area (Å²) in [4.78, 5) is 12.0. The molecule has 1 rings (SSSR count). The molecule has 0 fully saturated rings. The minimum absolute atomic E-state index is 0.0645. The van der Waals surface area contributed by atoms with Gasteiger partial charge in [-0.25, -0.2) is 9.18 Å². The first-order chi connectivity index (χ1) is 11.7. The first-order valence-corrected chi connectivity index (χ1v) is 9.64. The van der Waals surface area contributed by atoms with Crippen molar-refractivity contribution >= 4 is 5.97 Å². The summed E-state index contributed by atoms with van der Waals surface area (Å²) >= 11 is 0. The predicted molar refractivity (Wildman–Crippen MR) is 97.7 cm³/mol. The van der Waals surface area contributed by atoms with E-state index < -0.39 is 11.8 Å². The molecule has 0 aliphatic heterocycles. The molecule has 0 N–H and O–H groups in total. The zero-order valence-corrected chi connectivity index (χ0v) is 15.4. The van der Waals surface area contributed by atoms with Crippen molar-refractivity contribution in [2.45, 2.75) is 90.6 Å². The van der Waals surface area contributed by atoms with E-state index in [1.165, 1.54) is 69.6 Å². The molecule has 0 saturated heterocycles. The Hall–Kier alpha value is -1.38. The Kier molecular flexibility index (Phi) is 11.2. The van der Waals surface area contributed by atoms with E-state index >= 15 is 0 Å². The van der Waals surface area contributed by atoms with E-state index in [9.17, 15) is 9.18 Å². The number of carbonyl (C=O) groups is 1. The van der Waals surface area contributed by atoms with Crippen molar-refractivity contribution in [3.63, 3.8) is 0 Å². The van der Waals surface area contributed by atoms with Gasteiger partial charge >= 0.3 is 5.97 Å². The van der Waals surface area contributed by atoms with E-state index in [2.05, 4.69) is 6.92 Å². The molecule has 1 aromatic rings. The van der Waals surface area contributed by atoms with Crippen molar-refractivity contribution in [1.82, 2.24) is 0 Å². The average Bonchev–Trinajstić information content (AvgIpc) is 2.59. The largest absolute Gasteiger partial charge is 0.459 e. The Bertz CT molecular complexity index is 459. The molecule has 0 heterocycles. The molecule has 0 aliphatic carbocycles. The average molecular weight is 336 g/mol. The fourth-order valence-corrected chi connectivity index (χ4v) is 2.86. The lowest BCUT2D eigenvalue weighted by Gasteiger charge is -2.16. The highest BCUT2D eigenvalue weighted by Gasteiger charge is 2.14. The fraction of sp³-hybridized carbons (Fsp3) is 0.667. The summed E-state index contributed by atoms with van der Waals surface area (Å²) in [7, 11) is 0. The van der Waals surface area contributed by atoms with Gasteiger partial charge in [0, 0.05) is 0 Å². The van der Waals surface area contributed by atoms with Crippen molar-refractivity contribution in [1.29, 1.82) is 0 Å². The van der Waals surface area contributed by atoms with E-state index in [0.717, 1.165) is 19.3 Å². The second-order valence-electron chi connectivity index (χ2n) is 6.56. The van der Waals surface area contributed by atoms with E-state index in [1.807, 2.05) is 6.92 Å². The Labute approximate surface area is 146 Å². The van der Waals surface area contributed by atoms with Crippen LogP contribution in [0, 0.1) is 5.82 Å². The number of hydrogen-bond acceptors (Lipinski definition) is 2. The van der Waals surface area contributed by atoms with Crippen molar-refractivity contribution in [2.24, 2.45) is 0 Å². The Morgan fingerprint density at radius 3 is 2.21 bits per heavy atom. The summed E-state index contributed by atoms with van der Waals surface area (Å²) in [6.07, 6.45) is 13.2. The van der Waals surface area contributed by atoms with Crippen LogP contribution in [0.5, 0.6) is 0 Å². The van der Waals surface area contributed by atoms with Crippen LogP contribution in [-0.4, -0.2) is 12.1 Å². The zero-order valence-electron chi connectivity index (χ0n) is 15.4. The van der Waals surface area contributed by atoms with Crippen LogP contribution < -0.4 is 0 Å². The summed E-state index contributed by atoms with van der Waals surface area (Å²) < 4.78 is 18.7. The number of esters is 1. The van der Waals surface area contributed by atoms with Crippen LogP contribution in [-0.2, 0) is 4.74 Å². The summed E-state index contributed by atoms with van der Waals surface area (Å²) in [6, 6.07) is 5.69. The fourth-order valence-electron chi connectivity index (χ4n) is 2.86. The Balaban J connectivity index is 2.15. The molecule has 2 nitrogen and oxygen atoms in total. The third kappa shape index (κ3) is 9.05. The van der Waals surface area contributed by atoms with E-state index in [0.29, 0.717) is 5.56 Å². The highest BCUT2D eigenvalue weighted by molar-refractivity contribution is 5.89. The monoisotopic (exact) mass is 336 g/mol. The van der Waals surface area contributed by atoms with E-state index in [-0.39, 0.29) is 6.10 Å². The highest BCUT2D eigenvalue weighted by atomic mass is 19.1. The number of benzene rings is 1. The summed E-state index contributed by atoms with van der Waals surface area (Å²) in [5.41, 5.74) is 0.292. The minimum atomic E-state index is -0.419. The molecule has 1 atom stereocenters. The summed E-state index contributed by atoms with van der Waals surface area (Å²) in [5, 5.41) is 0. The number of carbonyl (C=O) groups excluding carboxylic acids is 1. The van der Waals surface area contributed by atoms with Gasteiger partial charge in [0.2, 0.25) is 0 Å². The molecule has 0 bridgehead atoms. The lowest BCUT2D eigenvalue weighted by atomic mass is 10.0. The van der Waals surface area contributed by atoms with Crippen LogP contribution in [0.15, 0.2) is 24.3 Å². The Morgan fingerprint density at radius 1 is 1.00 bits per heavy atom. The summed E-state index contributed by atoms with van der Waals surface area (Å²) in [5.74, 6) is -0.825. The normalized spacial score (nSPS) is 12.1. The lowest BCUT2D eigenvalue weighted by Crippen LogP contribution is -2.17. The number of unbranched alkanes of at least 4 members (excludes halogenated alkanes) is 8. The molecule has 0 spiro atoms. The lowest BCUT2D eigenvalue weighted by molar-refractivity contribution is 0.0266. The molecule has 0 saturated carbocycles. The molecular weight excluding hydrogens is 303 g/mol. The third-order valence-electron chi connectivity index (χ3n) is 4.42. The van der Waals surface area contributed by atoms with E-state index in [1.54, 1.807) is 6.07 Å². The van der Waals surface area contributed by atoms with Gasteiger partial charge in [-0.2, -0.15) is 0 Å². The maximum Gasteiger partial charge on any atom is 0.338 e. The van der Waals surface area contributed by atoms with E-state index in [4.69, 9.17) is 4.74 Å². The van der Waals surface area contributed by atoms with Gasteiger partial charge in [-0.3, -0.25) is 0 Å². The number of halogens is 1. The van der Waals surface area contributed by atoms with Crippen LogP contribution in [0.25, 0.3) is 0 Å². The zero-order chi connectivity index (χ0) is 17.6. The quantitative estimate of drug-likeness (QED) is 0.296. The first kappa shape index (κ1) is 20.7. The van der Waals surface area contributed by atoms with Gasteiger partial charge < -0.3 is 4.74 Å². The standard InChI is InChI=1S/C21H33FO2/c1-3-5-6-7-8-9-10-11-12-16-20(4-2)24-21(23)18-14-13-15-19(22)17-18/h13-15,17,20H,3-12,16H2,1-2H3. The molecule has 0 aromatic heterocycles. The highest BCUT2D eigenvalue weighted by Crippen LogP contribution is 2.15. The first-order valence-electron chi connectivity index (χ1n) is 9.64. The SMILES string of the molecule is CCCCCCCCCCCC(CC)OC(=O)c1cccc(F)c1. The van der Waals surface area contributed by atoms with Gasteiger partial charge in [0.05, 0.1) is 5.56 Å². The minimum Gasteiger partial charge on any atom is -0.459 e. The molecule has 136 valence electrons. The Morgan fingerprint density at radius 2 is 1.62 bits per heavy atom. The molecular formula is C21H33FO2. The molecule has 0 radical (unpaired) electrons. The maximum absolute atomic E-state index is 13.2. The van der Waals surface area contributed by atoms with Gasteiger partial charge in [-0.1, -0.05) is 71.3 Å². The van der Waals surface area contributed by atoms with Gasteiger partial charge in [0.1, 0.15) is 11.9 Å². The van der Waals surface area contributed by atoms with Crippen LogP contribution >= 0.6 is 0 Å². The van der Waals surface area contributed by atoms with Crippen molar-refractivity contribution in [3.8, 4) is 0 Å². The van der Waals surface area contributed by atoms with Gasteiger partial charge in [-0.15, -0.1) is 0 Å². The second kappa shape index (κ2) is 13.0. The molecule has 1 unspecified atom stereocenters. The molecule has 3 heteroatoms. The van der Waals surface area contributed by atoms with Crippen molar-refractivity contribution < 1.29 is 13.9 Å². The molecule has 0 amide bonds. The third-order valence-corrected chi connectivity index (χ3v) is 4.42. The molecule has 1 aromatic carbocycles. The van der Waals surface area contributed by atoms with Gasteiger partial charge in [0.15, 0.2) is 0 Å². The van der Waals surface area contributed by atoms with Gasteiger partial charge in [0.25, 0.3) is 0 Å². The molecule has 0 aliphatic rings. The number of ether oxygens (including phenoxy) is 1. The van der Waals surface area contributed by atoms with Crippen molar-refractivity contribution in [2.75, 3.05) is 0 Å². The number of hydrogen-bond donors (Lipinski definition) is 0. The van der Waals surface area contributed by atoms with Crippen LogP contribution in [0.2, 0.25) is 0 Å². The maximum atomic E-state index is 13.2. The second-order valence-corrected chi connectivity index (χ2v) is 6.56. The van der Waals surface area contributed by atoms with Crippen molar-refractivity contribution in [3.05, 3.63) is 35.6 Å². The van der Waals surface area contributed by atoms with Crippen LogP contribution in [0.1, 0.15) is 94.8 Å². The van der Waals surface area contributed by atoms with Crippen LogP contribution in [0.3, 0.4) is 0 Å². The number of rotatable bonds is 13. The predicted octanol–water partition coefficient (Wildman–Crippen LogP) is 6.68. The molecule has 24 heavy (non-hydrogen) atoms. The smallest absolute Gasteiger partial charge is 0.338 e. The topological polar surface area (TPSA) is 26.3 Å². The van der Waals surface area contributed by atoms with Crippen LogP contribution in [0.4, 0.5) is 4.39 Å².